The van der Waals surface area contributed by atoms with Crippen molar-refractivity contribution in [3.05, 3.63) is 95.4 Å². The van der Waals surface area contributed by atoms with E-state index < -0.39 is 0 Å². The van der Waals surface area contributed by atoms with Gasteiger partial charge in [-0.1, -0.05) is 48.5 Å². The number of para-hydroxylation sites is 1. The minimum atomic E-state index is -0.231. The maximum atomic E-state index is 13.6. The highest BCUT2D eigenvalue weighted by atomic mass is 16.1. The summed E-state index contributed by atoms with van der Waals surface area (Å²) in [5.74, 6) is -0.167. The minimum absolute atomic E-state index is 0.167. The van der Waals surface area contributed by atoms with Crippen molar-refractivity contribution in [2.45, 2.75) is 26.8 Å². The Bertz CT molecular complexity index is 1480. The molecule has 1 amide bonds. The summed E-state index contributed by atoms with van der Waals surface area (Å²) in [4.78, 5) is 18.4. The standard InChI is InChI=1S/C27H26N6O/c1-17(23-16-28-33(19(23)3)21-13-9-6-10-14-21)29-27(34)22-15-24(20-11-7-5-8-12-20)30-26-25(22)18(2)31-32(26)4/h5-17H,1-4H3,(H,29,34). The molecule has 5 aromatic rings. The Morgan fingerprint density at radius 2 is 1.68 bits per heavy atom. The highest BCUT2D eigenvalue weighted by molar-refractivity contribution is 6.07. The van der Waals surface area contributed by atoms with Crippen molar-refractivity contribution in [3.8, 4) is 16.9 Å². The van der Waals surface area contributed by atoms with Crippen LogP contribution in [0.4, 0.5) is 0 Å². The van der Waals surface area contributed by atoms with Crippen LogP contribution in [0.3, 0.4) is 0 Å². The second-order valence-electron chi connectivity index (χ2n) is 8.46. The molecule has 1 atom stereocenters. The SMILES string of the molecule is Cc1nn(C)c2nc(-c3ccccc3)cc(C(=O)NC(C)c3cnn(-c4ccccc4)c3C)c12. The van der Waals surface area contributed by atoms with Crippen molar-refractivity contribution >= 4 is 16.9 Å². The quantitative estimate of drug-likeness (QED) is 0.412. The van der Waals surface area contributed by atoms with Crippen LogP contribution in [-0.4, -0.2) is 30.5 Å². The van der Waals surface area contributed by atoms with E-state index in [1.54, 1.807) is 4.68 Å². The van der Waals surface area contributed by atoms with Crippen LogP contribution in [-0.2, 0) is 7.05 Å². The van der Waals surface area contributed by atoms with Crippen molar-refractivity contribution < 1.29 is 4.79 Å². The average Bonchev–Trinajstić information content (AvgIpc) is 3.38. The Hall–Kier alpha value is -4.26. The third kappa shape index (κ3) is 3.75. The number of fused-ring (bicyclic) bond motifs is 1. The molecule has 170 valence electrons. The van der Waals surface area contributed by atoms with Gasteiger partial charge in [0.15, 0.2) is 5.65 Å². The van der Waals surface area contributed by atoms with E-state index in [0.717, 1.165) is 39.3 Å². The van der Waals surface area contributed by atoms with Gasteiger partial charge in [-0.3, -0.25) is 9.48 Å². The normalized spacial score (nSPS) is 12.1. The predicted octanol–water partition coefficient (Wildman–Crippen LogP) is 4.93. The van der Waals surface area contributed by atoms with Gasteiger partial charge in [-0.2, -0.15) is 10.2 Å². The summed E-state index contributed by atoms with van der Waals surface area (Å²) in [7, 11) is 1.85. The molecule has 0 aliphatic heterocycles. The number of nitrogens with one attached hydrogen (secondary N) is 1. The fourth-order valence-electron chi connectivity index (χ4n) is 4.41. The third-order valence-electron chi connectivity index (χ3n) is 6.15. The van der Waals surface area contributed by atoms with E-state index in [0.29, 0.717) is 11.2 Å². The first-order valence-corrected chi connectivity index (χ1v) is 11.2. The van der Waals surface area contributed by atoms with E-state index in [1.165, 1.54) is 0 Å². The number of rotatable bonds is 5. The maximum Gasteiger partial charge on any atom is 0.252 e. The maximum absolute atomic E-state index is 13.6. The molecular weight excluding hydrogens is 424 g/mol. The summed E-state index contributed by atoms with van der Waals surface area (Å²) >= 11 is 0. The number of carbonyl (C=O) groups excluding carboxylic acids is 1. The van der Waals surface area contributed by atoms with Crippen LogP contribution in [0.25, 0.3) is 28.0 Å². The molecular formula is C27H26N6O. The fraction of sp³-hybridized carbons (Fsp3) is 0.185. The van der Waals surface area contributed by atoms with Gasteiger partial charge in [0.05, 0.1) is 40.3 Å². The topological polar surface area (TPSA) is 77.6 Å². The summed E-state index contributed by atoms with van der Waals surface area (Å²) in [6.45, 7) is 5.89. The van der Waals surface area contributed by atoms with Crippen LogP contribution >= 0.6 is 0 Å². The molecule has 5 rings (SSSR count). The van der Waals surface area contributed by atoms with Crippen LogP contribution in [0, 0.1) is 13.8 Å². The summed E-state index contributed by atoms with van der Waals surface area (Å²) in [5, 5.41) is 13.0. The molecule has 7 nitrogen and oxygen atoms in total. The number of nitrogens with zero attached hydrogens (tertiary/aromatic N) is 5. The Morgan fingerprint density at radius 1 is 1.00 bits per heavy atom. The van der Waals surface area contributed by atoms with Gasteiger partial charge < -0.3 is 5.32 Å². The van der Waals surface area contributed by atoms with Gasteiger partial charge >= 0.3 is 0 Å². The number of carbonyl (C=O) groups is 1. The van der Waals surface area contributed by atoms with E-state index in [-0.39, 0.29) is 11.9 Å². The molecule has 2 aromatic carbocycles. The lowest BCUT2D eigenvalue weighted by Crippen LogP contribution is -2.27. The Kier molecular flexibility index (Phi) is 5.45. The highest BCUT2D eigenvalue weighted by Gasteiger charge is 2.22. The number of aromatic nitrogens is 5. The zero-order chi connectivity index (χ0) is 23.8. The summed E-state index contributed by atoms with van der Waals surface area (Å²) in [6, 6.07) is 21.5. The molecule has 0 bridgehead atoms. The van der Waals surface area contributed by atoms with Crippen LogP contribution < -0.4 is 5.32 Å². The van der Waals surface area contributed by atoms with Crippen molar-refractivity contribution in [1.82, 2.24) is 29.9 Å². The number of amides is 1. The first kappa shape index (κ1) is 21.6. The summed E-state index contributed by atoms with van der Waals surface area (Å²) in [6.07, 6.45) is 1.82. The van der Waals surface area contributed by atoms with E-state index in [1.807, 2.05) is 105 Å². The molecule has 0 spiro atoms. The molecule has 34 heavy (non-hydrogen) atoms. The smallest absolute Gasteiger partial charge is 0.252 e. The molecule has 3 aromatic heterocycles. The molecule has 0 radical (unpaired) electrons. The second kappa shape index (κ2) is 8.59. The van der Waals surface area contributed by atoms with Gasteiger partial charge in [0.25, 0.3) is 5.91 Å². The Balaban J connectivity index is 1.51. The largest absolute Gasteiger partial charge is 0.345 e. The van der Waals surface area contributed by atoms with E-state index in [9.17, 15) is 4.79 Å². The number of benzene rings is 2. The van der Waals surface area contributed by atoms with Gasteiger partial charge in [-0.25, -0.2) is 9.67 Å². The molecule has 0 saturated carbocycles. The summed E-state index contributed by atoms with van der Waals surface area (Å²) in [5.41, 5.74) is 6.65. The lowest BCUT2D eigenvalue weighted by atomic mass is 10.0. The van der Waals surface area contributed by atoms with Crippen LogP contribution in [0.2, 0.25) is 0 Å². The number of aryl methyl sites for hydroxylation is 2. The molecule has 0 aliphatic carbocycles. The van der Waals surface area contributed by atoms with Gasteiger partial charge in [-0.15, -0.1) is 0 Å². The van der Waals surface area contributed by atoms with Gasteiger partial charge in [0, 0.05) is 23.9 Å². The predicted molar refractivity (Wildman–Crippen MR) is 133 cm³/mol. The fourth-order valence-corrected chi connectivity index (χ4v) is 4.41. The number of hydrogen-bond donors (Lipinski definition) is 1. The van der Waals surface area contributed by atoms with Crippen LogP contribution in [0.1, 0.15) is 40.3 Å². The first-order chi connectivity index (χ1) is 16.4. The van der Waals surface area contributed by atoms with E-state index in [2.05, 4.69) is 15.5 Å². The summed E-state index contributed by atoms with van der Waals surface area (Å²) < 4.78 is 3.62. The number of pyridine rings is 1. The van der Waals surface area contributed by atoms with Gasteiger partial charge in [-0.05, 0) is 39.0 Å². The van der Waals surface area contributed by atoms with Crippen LogP contribution in [0.5, 0.6) is 0 Å². The molecule has 0 aliphatic rings. The van der Waals surface area contributed by atoms with E-state index in [4.69, 9.17) is 4.98 Å². The van der Waals surface area contributed by atoms with Crippen molar-refractivity contribution in [2.24, 2.45) is 7.05 Å². The molecule has 1 unspecified atom stereocenters. The lowest BCUT2D eigenvalue weighted by Gasteiger charge is -2.15. The zero-order valence-corrected chi connectivity index (χ0v) is 19.6. The second-order valence-corrected chi connectivity index (χ2v) is 8.46. The van der Waals surface area contributed by atoms with E-state index >= 15 is 0 Å². The zero-order valence-electron chi connectivity index (χ0n) is 19.6. The Morgan fingerprint density at radius 3 is 2.38 bits per heavy atom. The third-order valence-corrected chi connectivity index (χ3v) is 6.15. The lowest BCUT2D eigenvalue weighted by molar-refractivity contribution is 0.0941. The molecule has 3 heterocycles. The first-order valence-electron chi connectivity index (χ1n) is 11.2. The van der Waals surface area contributed by atoms with Crippen LogP contribution in [0.15, 0.2) is 72.9 Å². The minimum Gasteiger partial charge on any atom is -0.345 e. The van der Waals surface area contributed by atoms with Crippen molar-refractivity contribution in [2.75, 3.05) is 0 Å². The molecule has 0 fully saturated rings. The average molecular weight is 451 g/mol. The molecule has 1 N–H and O–H groups in total. The number of hydrogen-bond acceptors (Lipinski definition) is 4. The van der Waals surface area contributed by atoms with Crippen molar-refractivity contribution in [3.63, 3.8) is 0 Å². The molecule has 7 heteroatoms. The highest BCUT2D eigenvalue weighted by Crippen LogP contribution is 2.28. The van der Waals surface area contributed by atoms with Crippen molar-refractivity contribution in [1.29, 1.82) is 0 Å². The monoisotopic (exact) mass is 450 g/mol. The van der Waals surface area contributed by atoms with Gasteiger partial charge in [0.2, 0.25) is 0 Å². The molecule has 0 saturated heterocycles. The Labute approximate surface area is 198 Å². The van der Waals surface area contributed by atoms with Gasteiger partial charge in [0.1, 0.15) is 0 Å².